The van der Waals surface area contributed by atoms with Crippen LogP contribution >= 0.6 is 11.8 Å². The quantitative estimate of drug-likeness (QED) is 0.790. The largest absolute Gasteiger partial charge is 0.311 e. The van der Waals surface area contributed by atoms with Gasteiger partial charge in [-0.1, -0.05) is 33.6 Å². The summed E-state index contributed by atoms with van der Waals surface area (Å²) in [7, 11) is 0. The first-order valence-electron chi connectivity index (χ1n) is 8.08. The Bertz CT molecular complexity index is 241. The third-order valence-corrected chi connectivity index (χ3v) is 6.15. The molecule has 0 aliphatic heterocycles. The van der Waals surface area contributed by atoms with Crippen molar-refractivity contribution in [3.8, 4) is 0 Å². The molecule has 0 aromatic carbocycles. The summed E-state index contributed by atoms with van der Waals surface area (Å²) in [4.78, 5) is 0. The van der Waals surface area contributed by atoms with Crippen molar-refractivity contribution in [3.05, 3.63) is 0 Å². The van der Waals surface area contributed by atoms with E-state index in [4.69, 9.17) is 0 Å². The van der Waals surface area contributed by atoms with E-state index in [1.165, 1.54) is 50.7 Å². The van der Waals surface area contributed by atoms with Gasteiger partial charge in [0.05, 0.1) is 0 Å². The average molecular weight is 269 g/mol. The van der Waals surface area contributed by atoms with Gasteiger partial charge in [0.25, 0.3) is 0 Å². The Morgan fingerprint density at radius 3 is 2.61 bits per heavy atom. The Kier molecular flexibility index (Phi) is 5.88. The molecule has 0 aromatic heterocycles. The third kappa shape index (κ3) is 3.90. The van der Waals surface area contributed by atoms with Gasteiger partial charge in [0.1, 0.15) is 0 Å². The van der Waals surface area contributed by atoms with Crippen molar-refractivity contribution >= 4 is 11.8 Å². The maximum atomic E-state index is 4.02. The fourth-order valence-corrected chi connectivity index (χ4v) is 5.09. The van der Waals surface area contributed by atoms with E-state index in [0.717, 1.165) is 29.2 Å². The van der Waals surface area contributed by atoms with Gasteiger partial charge in [-0.15, -0.1) is 0 Å². The smallest absolute Gasteiger partial charge is 0.0100 e. The van der Waals surface area contributed by atoms with Gasteiger partial charge < -0.3 is 5.32 Å². The lowest BCUT2D eigenvalue weighted by Crippen LogP contribution is -2.45. The number of hydrogen-bond acceptors (Lipinski definition) is 2. The first-order chi connectivity index (χ1) is 8.70. The van der Waals surface area contributed by atoms with E-state index in [2.05, 4.69) is 37.8 Å². The van der Waals surface area contributed by atoms with E-state index in [0.29, 0.717) is 0 Å². The van der Waals surface area contributed by atoms with Crippen molar-refractivity contribution in [2.75, 3.05) is 5.75 Å². The molecule has 1 nitrogen and oxygen atoms in total. The molecule has 4 atom stereocenters. The molecule has 0 aromatic rings. The minimum absolute atomic E-state index is 0.814. The Morgan fingerprint density at radius 2 is 1.89 bits per heavy atom. The van der Waals surface area contributed by atoms with E-state index in [-0.39, 0.29) is 0 Å². The van der Waals surface area contributed by atoms with Crippen LogP contribution in [-0.4, -0.2) is 23.1 Å². The second kappa shape index (κ2) is 7.19. The summed E-state index contributed by atoms with van der Waals surface area (Å²) in [6.07, 6.45) is 10.1. The topological polar surface area (TPSA) is 12.0 Å². The van der Waals surface area contributed by atoms with Crippen LogP contribution in [-0.2, 0) is 0 Å². The lowest BCUT2D eigenvalue weighted by Gasteiger charge is -2.37. The monoisotopic (exact) mass is 269 g/mol. The molecule has 0 radical (unpaired) electrons. The van der Waals surface area contributed by atoms with Gasteiger partial charge in [0, 0.05) is 17.3 Å². The van der Waals surface area contributed by atoms with Gasteiger partial charge in [-0.3, -0.25) is 0 Å². The molecule has 0 saturated heterocycles. The molecular weight excluding hydrogens is 238 g/mol. The van der Waals surface area contributed by atoms with E-state index >= 15 is 0 Å². The summed E-state index contributed by atoms with van der Waals surface area (Å²) in [5.74, 6) is 3.07. The predicted octanol–water partition coefficient (Wildman–Crippen LogP) is 4.47. The van der Waals surface area contributed by atoms with Crippen molar-refractivity contribution in [3.63, 3.8) is 0 Å². The summed E-state index contributed by atoms with van der Waals surface area (Å²) < 4.78 is 0. The first kappa shape index (κ1) is 14.7. The lowest BCUT2D eigenvalue weighted by molar-refractivity contribution is 0.192. The summed E-state index contributed by atoms with van der Waals surface area (Å²) in [6, 6.07) is 1.63. The number of thioether (sulfide) groups is 1. The van der Waals surface area contributed by atoms with E-state index in [9.17, 15) is 0 Å². The summed E-state index contributed by atoms with van der Waals surface area (Å²) >= 11 is 2.17. The highest BCUT2D eigenvalue weighted by Gasteiger charge is 2.32. The fraction of sp³-hybridized carbons (Fsp3) is 1.00. The maximum Gasteiger partial charge on any atom is 0.0100 e. The second-order valence-corrected chi connectivity index (χ2v) is 8.13. The van der Waals surface area contributed by atoms with Crippen LogP contribution in [0.3, 0.4) is 0 Å². The Labute approximate surface area is 118 Å². The maximum absolute atomic E-state index is 4.02. The molecule has 2 aliphatic carbocycles. The zero-order valence-corrected chi connectivity index (χ0v) is 13.3. The molecule has 4 unspecified atom stereocenters. The van der Waals surface area contributed by atoms with Gasteiger partial charge in [-0.05, 0) is 49.7 Å². The first-order valence-corrected chi connectivity index (χ1v) is 9.13. The molecule has 0 amide bonds. The zero-order valence-electron chi connectivity index (χ0n) is 12.5. The number of hydrogen-bond donors (Lipinski definition) is 1. The minimum Gasteiger partial charge on any atom is -0.311 e. The van der Waals surface area contributed by atoms with Gasteiger partial charge in [-0.2, -0.15) is 11.8 Å². The van der Waals surface area contributed by atoms with Crippen LogP contribution in [0.15, 0.2) is 0 Å². The van der Waals surface area contributed by atoms with Gasteiger partial charge >= 0.3 is 0 Å². The molecule has 2 aliphatic rings. The summed E-state index contributed by atoms with van der Waals surface area (Å²) in [6.45, 7) is 7.12. The Balaban J connectivity index is 1.81. The van der Waals surface area contributed by atoms with E-state index in [1.54, 1.807) is 0 Å². The van der Waals surface area contributed by atoms with Crippen LogP contribution in [0.5, 0.6) is 0 Å². The molecule has 1 N–H and O–H groups in total. The molecule has 2 heteroatoms. The molecule has 0 bridgehead atoms. The van der Waals surface area contributed by atoms with Crippen molar-refractivity contribution in [1.29, 1.82) is 0 Å². The molecule has 2 fully saturated rings. The van der Waals surface area contributed by atoms with Crippen LogP contribution in [0.2, 0.25) is 0 Å². The second-order valence-electron chi connectivity index (χ2n) is 6.55. The Hall–Kier alpha value is 0.310. The minimum atomic E-state index is 0.814. The molecule has 2 rings (SSSR count). The van der Waals surface area contributed by atoms with Gasteiger partial charge in [0.15, 0.2) is 0 Å². The highest BCUT2D eigenvalue weighted by atomic mass is 32.2. The van der Waals surface area contributed by atoms with E-state index in [1.807, 2.05) is 0 Å². The molecular formula is C16H31NS. The molecule has 2 saturated carbocycles. The van der Waals surface area contributed by atoms with Gasteiger partial charge in [-0.25, -0.2) is 0 Å². The number of rotatable bonds is 5. The van der Waals surface area contributed by atoms with E-state index < -0.39 is 0 Å². The fourth-order valence-electron chi connectivity index (χ4n) is 3.95. The molecule has 106 valence electrons. The molecule has 0 heterocycles. The van der Waals surface area contributed by atoms with Gasteiger partial charge in [0.2, 0.25) is 0 Å². The predicted molar refractivity (Wildman–Crippen MR) is 83.3 cm³/mol. The van der Waals surface area contributed by atoms with Crippen LogP contribution in [0.4, 0.5) is 0 Å². The van der Waals surface area contributed by atoms with Crippen molar-refractivity contribution < 1.29 is 0 Å². The Morgan fingerprint density at radius 1 is 1.11 bits per heavy atom. The highest BCUT2D eigenvalue weighted by molar-refractivity contribution is 7.99. The number of nitrogens with one attached hydrogen (secondary N) is 1. The SMILES string of the molecule is CCSC1CCC(NC2CCCCC2C(C)C)C1. The highest BCUT2D eigenvalue weighted by Crippen LogP contribution is 2.34. The lowest BCUT2D eigenvalue weighted by atomic mass is 9.77. The van der Waals surface area contributed by atoms with Crippen molar-refractivity contribution in [2.24, 2.45) is 11.8 Å². The third-order valence-electron chi connectivity index (χ3n) is 4.91. The van der Waals surface area contributed by atoms with Crippen LogP contribution in [0.25, 0.3) is 0 Å². The van der Waals surface area contributed by atoms with Crippen LogP contribution in [0, 0.1) is 11.8 Å². The zero-order chi connectivity index (χ0) is 13.0. The normalized spacial score (nSPS) is 37.3. The van der Waals surface area contributed by atoms with Crippen LogP contribution in [0.1, 0.15) is 65.7 Å². The summed E-state index contributed by atoms with van der Waals surface area (Å²) in [5.41, 5.74) is 0. The van der Waals surface area contributed by atoms with Crippen LogP contribution < -0.4 is 5.32 Å². The molecule has 18 heavy (non-hydrogen) atoms. The van der Waals surface area contributed by atoms with Crippen molar-refractivity contribution in [1.82, 2.24) is 5.32 Å². The van der Waals surface area contributed by atoms with Crippen molar-refractivity contribution in [2.45, 2.75) is 83.1 Å². The summed E-state index contributed by atoms with van der Waals surface area (Å²) in [5, 5.41) is 4.96. The molecule has 0 spiro atoms. The standard InChI is InChI=1S/C16H31NS/c1-4-18-14-10-9-13(11-14)17-16-8-6-5-7-15(16)12(2)3/h12-17H,4-11H2,1-3H3. The average Bonchev–Trinajstić information content (AvgIpc) is 2.77.